The summed E-state index contributed by atoms with van der Waals surface area (Å²) in [5.74, 6) is 0. The second-order valence-electron chi connectivity index (χ2n) is 2.35. The molecule has 0 radical (unpaired) electrons. The molecule has 2 nitrogen and oxygen atoms in total. The standard InChI is InChI=1S/C9H8N2/c1-2-4-9-6-11-7-10-5-8(9)3-1/h1-7H,(H,10,11). The quantitative estimate of drug-likeness (QED) is 0.535. The molecule has 0 amide bonds. The van der Waals surface area contributed by atoms with E-state index in [4.69, 9.17) is 0 Å². The summed E-state index contributed by atoms with van der Waals surface area (Å²) < 4.78 is 0. The summed E-state index contributed by atoms with van der Waals surface area (Å²) in [6, 6.07) is 8.10. The molecule has 0 fully saturated rings. The molecule has 54 valence electrons. The van der Waals surface area contributed by atoms with Gasteiger partial charge in [-0.2, -0.15) is 0 Å². The Morgan fingerprint density at radius 2 is 1.91 bits per heavy atom. The molecule has 1 aromatic carbocycles. The fourth-order valence-corrected chi connectivity index (χ4v) is 1.05. The van der Waals surface area contributed by atoms with Gasteiger partial charge in [-0.15, -0.1) is 0 Å². The molecule has 0 bridgehead atoms. The van der Waals surface area contributed by atoms with Crippen LogP contribution in [0.1, 0.15) is 0 Å². The van der Waals surface area contributed by atoms with E-state index in [9.17, 15) is 0 Å². The maximum Gasteiger partial charge on any atom is 0.0918 e. The van der Waals surface area contributed by atoms with E-state index in [1.807, 2.05) is 36.7 Å². The Bertz CT molecular complexity index is 390. The van der Waals surface area contributed by atoms with Crippen molar-refractivity contribution in [2.24, 2.45) is 4.99 Å². The third-order valence-electron chi connectivity index (χ3n) is 1.60. The number of hydrogen-bond donors (Lipinski definition) is 1. The monoisotopic (exact) mass is 144 g/mol. The first kappa shape index (κ1) is 6.16. The Morgan fingerprint density at radius 3 is 2.82 bits per heavy atom. The van der Waals surface area contributed by atoms with Crippen molar-refractivity contribution in [3.8, 4) is 0 Å². The number of benzene rings is 1. The SMILES string of the molecule is C1=NC=c2ccccc2=CN1. The summed E-state index contributed by atoms with van der Waals surface area (Å²) in [6.45, 7) is 0. The van der Waals surface area contributed by atoms with Crippen molar-refractivity contribution in [1.82, 2.24) is 5.32 Å². The van der Waals surface area contributed by atoms with Gasteiger partial charge in [-0.1, -0.05) is 24.3 Å². The molecule has 0 atom stereocenters. The smallest absolute Gasteiger partial charge is 0.0918 e. The van der Waals surface area contributed by atoms with Crippen LogP contribution in [0.4, 0.5) is 0 Å². The van der Waals surface area contributed by atoms with Gasteiger partial charge in [0.05, 0.1) is 6.34 Å². The zero-order valence-corrected chi connectivity index (χ0v) is 5.99. The van der Waals surface area contributed by atoms with Gasteiger partial charge in [0.15, 0.2) is 0 Å². The van der Waals surface area contributed by atoms with Crippen molar-refractivity contribution in [2.45, 2.75) is 0 Å². The lowest BCUT2D eigenvalue weighted by Crippen LogP contribution is -2.24. The van der Waals surface area contributed by atoms with Gasteiger partial charge in [0, 0.05) is 17.6 Å². The topological polar surface area (TPSA) is 24.4 Å². The number of rotatable bonds is 0. The minimum absolute atomic E-state index is 1.15. The first-order valence-corrected chi connectivity index (χ1v) is 3.50. The summed E-state index contributed by atoms with van der Waals surface area (Å²) in [7, 11) is 0. The van der Waals surface area contributed by atoms with Crippen molar-refractivity contribution in [3.63, 3.8) is 0 Å². The fourth-order valence-electron chi connectivity index (χ4n) is 1.05. The Labute approximate surface area is 64.6 Å². The second-order valence-corrected chi connectivity index (χ2v) is 2.35. The van der Waals surface area contributed by atoms with Crippen molar-refractivity contribution < 1.29 is 0 Å². The normalized spacial score (nSPS) is 13.5. The number of nitrogens with one attached hydrogen (secondary N) is 1. The van der Waals surface area contributed by atoms with Gasteiger partial charge in [-0.05, 0) is 5.22 Å². The van der Waals surface area contributed by atoms with Crippen LogP contribution >= 0.6 is 0 Å². The van der Waals surface area contributed by atoms with Gasteiger partial charge in [-0.25, -0.2) is 4.99 Å². The van der Waals surface area contributed by atoms with Crippen LogP contribution in [0.15, 0.2) is 29.3 Å². The molecule has 1 aliphatic rings. The lowest BCUT2D eigenvalue weighted by Gasteiger charge is -1.85. The second kappa shape index (κ2) is 2.58. The molecule has 0 unspecified atom stereocenters. The Hall–Kier alpha value is -1.57. The summed E-state index contributed by atoms with van der Waals surface area (Å²) in [5, 5.41) is 5.27. The lowest BCUT2D eigenvalue weighted by atomic mass is 10.2. The summed E-state index contributed by atoms with van der Waals surface area (Å²) in [6.07, 6.45) is 5.44. The minimum atomic E-state index is 1.15. The van der Waals surface area contributed by atoms with Gasteiger partial charge in [-0.3, -0.25) is 0 Å². The molecule has 0 saturated carbocycles. The molecule has 2 heteroatoms. The molecular weight excluding hydrogens is 136 g/mol. The predicted molar refractivity (Wildman–Crippen MR) is 46.2 cm³/mol. The molecular formula is C9H8N2. The van der Waals surface area contributed by atoms with Crippen LogP contribution in [0.5, 0.6) is 0 Å². The highest BCUT2D eigenvalue weighted by Crippen LogP contribution is 1.74. The van der Waals surface area contributed by atoms with Crippen LogP contribution in [-0.2, 0) is 0 Å². The zero-order chi connectivity index (χ0) is 7.52. The van der Waals surface area contributed by atoms with Crippen LogP contribution < -0.4 is 15.8 Å². The van der Waals surface area contributed by atoms with Crippen molar-refractivity contribution in [2.75, 3.05) is 0 Å². The minimum Gasteiger partial charge on any atom is -0.352 e. The largest absolute Gasteiger partial charge is 0.352 e. The van der Waals surface area contributed by atoms with Crippen LogP contribution in [-0.4, -0.2) is 6.34 Å². The molecule has 1 aromatic rings. The van der Waals surface area contributed by atoms with E-state index in [1.165, 1.54) is 5.22 Å². The molecule has 11 heavy (non-hydrogen) atoms. The Balaban J connectivity index is 2.81. The highest BCUT2D eigenvalue weighted by atomic mass is 14.9. The fraction of sp³-hybridized carbons (Fsp3) is 0. The third-order valence-corrected chi connectivity index (χ3v) is 1.60. The van der Waals surface area contributed by atoms with Crippen LogP contribution in [0.25, 0.3) is 12.4 Å². The van der Waals surface area contributed by atoms with E-state index in [2.05, 4.69) is 10.3 Å². The molecule has 1 aliphatic heterocycles. The van der Waals surface area contributed by atoms with Gasteiger partial charge in [0.1, 0.15) is 0 Å². The number of fused-ring (bicyclic) bond motifs is 1. The van der Waals surface area contributed by atoms with Gasteiger partial charge in [0.25, 0.3) is 0 Å². The number of aliphatic imine (C=N–C) groups is 1. The molecule has 1 N–H and O–H groups in total. The summed E-state index contributed by atoms with van der Waals surface area (Å²) >= 11 is 0. The van der Waals surface area contributed by atoms with E-state index in [0.29, 0.717) is 0 Å². The Kier molecular flexibility index (Phi) is 1.44. The molecule has 0 aliphatic carbocycles. The van der Waals surface area contributed by atoms with E-state index >= 15 is 0 Å². The van der Waals surface area contributed by atoms with Crippen molar-refractivity contribution >= 4 is 18.7 Å². The van der Waals surface area contributed by atoms with Gasteiger partial charge < -0.3 is 5.32 Å². The highest BCUT2D eigenvalue weighted by Gasteiger charge is 1.84. The van der Waals surface area contributed by atoms with E-state index < -0.39 is 0 Å². The average molecular weight is 144 g/mol. The van der Waals surface area contributed by atoms with Gasteiger partial charge in [0.2, 0.25) is 0 Å². The predicted octanol–water partition coefficient (Wildman–Crippen LogP) is -0.206. The third kappa shape index (κ3) is 1.15. The van der Waals surface area contributed by atoms with Crippen molar-refractivity contribution in [1.29, 1.82) is 0 Å². The summed E-state index contributed by atoms with van der Waals surface area (Å²) in [4.78, 5) is 4.02. The average Bonchev–Trinajstić information content (AvgIpc) is 2.28. The van der Waals surface area contributed by atoms with E-state index in [0.717, 1.165) is 5.22 Å². The molecule has 2 rings (SSSR count). The molecule has 1 heterocycles. The Morgan fingerprint density at radius 1 is 1.09 bits per heavy atom. The molecule has 0 aromatic heterocycles. The first-order chi connectivity index (χ1) is 5.47. The molecule has 0 spiro atoms. The maximum atomic E-state index is 4.02. The van der Waals surface area contributed by atoms with Crippen LogP contribution in [0, 0.1) is 0 Å². The first-order valence-electron chi connectivity index (χ1n) is 3.50. The zero-order valence-electron chi connectivity index (χ0n) is 5.99. The number of nitrogens with zero attached hydrogens (tertiary/aromatic N) is 1. The number of hydrogen-bond acceptors (Lipinski definition) is 2. The maximum absolute atomic E-state index is 4.02. The van der Waals surface area contributed by atoms with Crippen LogP contribution in [0.2, 0.25) is 0 Å². The highest BCUT2D eigenvalue weighted by molar-refractivity contribution is 5.65. The molecule has 0 saturated heterocycles. The van der Waals surface area contributed by atoms with E-state index in [-0.39, 0.29) is 0 Å². The van der Waals surface area contributed by atoms with Crippen molar-refractivity contribution in [3.05, 3.63) is 34.7 Å². The van der Waals surface area contributed by atoms with Gasteiger partial charge >= 0.3 is 0 Å². The lowest BCUT2D eigenvalue weighted by molar-refractivity contribution is 1.40. The van der Waals surface area contributed by atoms with E-state index in [1.54, 1.807) is 6.34 Å². The van der Waals surface area contributed by atoms with Crippen LogP contribution in [0.3, 0.4) is 0 Å². The summed E-state index contributed by atoms with van der Waals surface area (Å²) in [5.41, 5.74) is 0.